The monoisotopic (exact) mass is 113 g/mol. The molecular formula is C4H7N3O. The quantitative estimate of drug-likeness (QED) is 0.560. The third-order valence-electron chi connectivity index (χ3n) is 0.766. The van der Waals surface area contributed by atoms with E-state index in [-0.39, 0.29) is 6.04 Å². The maximum absolute atomic E-state index is 5.36. The summed E-state index contributed by atoms with van der Waals surface area (Å²) in [5, 5.41) is 7.02. The average molecular weight is 113 g/mol. The molecule has 4 heteroatoms. The Morgan fingerprint density at radius 3 is 2.88 bits per heavy atom. The summed E-state index contributed by atoms with van der Waals surface area (Å²) in [7, 11) is 0. The fourth-order valence-corrected chi connectivity index (χ4v) is 0.380. The number of aromatic nitrogens is 2. The van der Waals surface area contributed by atoms with Gasteiger partial charge in [-0.3, -0.25) is 0 Å². The van der Waals surface area contributed by atoms with Crippen LogP contribution in [0.2, 0.25) is 0 Å². The Morgan fingerprint density at radius 2 is 2.62 bits per heavy atom. The Balaban J connectivity index is 2.77. The van der Waals surface area contributed by atoms with Crippen LogP contribution in [0.4, 0.5) is 0 Å². The molecule has 0 aliphatic carbocycles. The molecule has 2 N–H and O–H groups in total. The minimum atomic E-state index is -0.155. The van der Waals surface area contributed by atoms with E-state index in [4.69, 9.17) is 10.2 Å². The molecule has 0 aliphatic rings. The van der Waals surface area contributed by atoms with Crippen molar-refractivity contribution in [1.29, 1.82) is 0 Å². The van der Waals surface area contributed by atoms with Gasteiger partial charge in [-0.25, -0.2) is 0 Å². The molecule has 0 unspecified atom stereocenters. The van der Waals surface area contributed by atoms with Gasteiger partial charge >= 0.3 is 0 Å². The third-order valence-corrected chi connectivity index (χ3v) is 0.766. The molecule has 4 nitrogen and oxygen atoms in total. The molecule has 1 heterocycles. The van der Waals surface area contributed by atoms with Crippen LogP contribution in [0, 0.1) is 0 Å². The van der Waals surface area contributed by atoms with Crippen LogP contribution in [-0.2, 0) is 0 Å². The SMILES string of the molecule is C[C@H](N)c1nnco1. The van der Waals surface area contributed by atoms with Crippen molar-refractivity contribution in [1.82, 2.24) is 10.2 Å². The first-order chi connectivity index (χ1) is 3.80. The summed E-state index contributed by atoms with van der Waals surface area (Å²) in [4.78, 5) is 0. The third kappa shape index (κ3) is 0.840. The fraction of sp³-hybridized carbons (Fsp3) is 0.500. The van der Waals surface area contributed by atoms with Crippen molar-refractivity contribution in [3.8, 4) is 0 Å². The molecule has 0 saturated carbocycles. The highest BCUT2D eigenvalue weighted by Crippen LogP contribution is 2.01. The zero-order valence-electron chi connectivity index (χ0n) is 4.53. The van der Waals surface area contributed by atoms with Crippen LogP contribution < -0.4 is 5.73 Å². The Labute approximate surface area is 46.7 Å². The molecule has 0 aliphatic heterocycles. The number of hydrogen-bond acceptors (Lipinski definition) is 4. The zero-order valence-corrected chi connectivity index (χ0v) is 4.53. The summed E-state index contributed by atoms with van der Waals surface area (Å²) < 4.78 is 4.75. The fourth-order valence-electron chi connectivity index (χ4n) is 0.380. The topological polar surface area (TPSA) is 64.9 Å². The van der Waals surface area contributed by atoms with Gasteiger partial charge in [0.2, 0.25) is 12.3 Å². The lowest BCUT2D eigenvalue weighted by molar-refractivity contribution is 0.463. The van der Waals surface area contributed by atoms with E-state index in [0.717, 1.165) is 0 Å². The summed E-state index contributed by atoms with van der Waals surface area (Å²) >= 11 is 0. The second-order valence-electron chi connectivity index (χ2n) is 1.57. The van der Waals surface area contributed by atoms with Crippen molar-refractivity contribution in [2.24, 2.45) is 5.73 Å². The lowest BCUT2D eigenvalue weighted by Gasteiger charge is -1.92. The summed E-state index contributed by atoms with van der Waals surface area (Å²) in [6.07, 6.45) is 1.26. The maximum Gasteiger partial charge on any atom is 0.232 e. The number of nitrogens with zero attached hydrogens (tertiary/aromatic N) is 2. The molecular weight excluding hydrogens is 106 g/mol. The molecule has 44 valence electrons. The minimum absolute atomic E-state index is 0.155. The maximum atomic E-state index is 5.36. The van der Waals surface area contributed by atoms with Crippen molar-refractivity contribution in [2.75, 3.05) is 0 Å². The van der Waals surface area contributed by atoms with Crippen LogP contribution in [0.5, 0.6) is 0 Å². The number of nitrogens with two attached hydrogens (primary N) is 1. The van der Waals surface area contributed by atoms with E-state index in [1.54, 1.807) is 6.92 Å². The number of hydrogen-bond donors (Lipinski definition) is 1. The van der Waals surface area contributed by atoms with Crippen LogP contribution in [0.3, 0.4) is 0 Å². The van der Waals surface area contributed by atoms with Gasteiger partial charge in [0.1, 0.15) is 0 Å². The van der Waals surface area contributed by atoms with Crippen molar-refractivity contribution < 1.29 is 4.42 Å². The average Bonchev–Trinajstić information content (AvgIpc) is 2.12. The van der Waals surface area contributed by atoms with Crippen molar-refractivity contribution >= 4 is 0 Å². The van der Waals surface area contributed by atoms with Gasteiger partial charge in [0.25, 0.3) is 0 Å². The van der Waals surface area contributed by atoms with Crippen molar-refractivity contribution in [2.45, 2.75) is 13.0 Å². The standard InChI is InChI=1S/C4H7N3O/c1-3(5)4-7-6-2-8-4/h2-3H,5H2,1H3/t3-/m0/s1. The van der Waals surface area contributed by atoms with E-state index in [9.17, 15) is 0 Å². The largest absolute Gasteiger partial charge is 0.426 e. The molecule has 8 heavy (non-hydrogen) atoms. The zero-order chi connectivity index (χ0) is 5.98. The van der Waals surface area contributed by atoms with Gasteiger partial charge in [-0.05, 0) is 6.92 Å². The first kappa shape index (κ1) is 5.24. The van der Waals surface area contributed by atoms with E-state index in [1.807, 2.05) is 0 Å². The predicted octanol–water partition coefficient (Wildman–Crippen LogP) is 0.0893. The summed E-state index contributed by atoms with van der Waals surface area (Å²) in [6, 6.07) is -0.155. The number of rotatable bonds is 1. The van der Waals surface area contributed by atoms with Gasteiger partial charge in [0.05, 0.1) is 6.04 Å². The first-order valence-electron chi connectivity index (χ1n) is 2.32. The smallest absolute Gasteiger partial charge is 0.232 e. The van der Waals surface area contributed by atoms with Crippen molar-refractivity contribution in [3.05, 3.63) is 12.3 Å². The minimum Gasteiger partial charge on any atom is -0.426 e. The first-order valence-corrected chi connectivity index (χ1v) is 2.32. The molecule has 1 atom stereocenters. The van der Waals surface area contributed by atoms with Crippen LogP contribution in [-0.4, -0.2) is 10.2 Å². The molecule has 0 radical (unpaired) electrons. The van der Waals surface area contributed by atoms with Gasteiger partial charge in [0, 0.05) is 0 Å². The van der Waals surface area contributed by atoms with Crippen LogP contribution >= 0.6 is 0 Å². The molecule has 0 bridgehead atoms. The summed E-state index contributed by atoms with van der Waals surface area (Å²) in [5.74, 6) is 0.477. The molecule has 0 saturated heterocycles. The highest BCUT2D eigenvalue weighted by molar-refractivity contribution is 4.79. The van der Waals surface area contributed by atoms with Crippen LogP contribution in [0.15, 0.2) is 10.8 Å². The van der Waals surface area contributed by atoms with E-state index in [2.05, 4.69) is 10.2 Å². The molecule has 1 aromatic rings. The molecule has 1 aromatic heterocycles. The van der Waals surface area contributed by atoms with Crippen LogP contribution in [0.25, 0.3) is 0 Å². The highest BCUT2D eigenvalue weighted by atomic mass is 16.4. The Kier molecular flexibility index (Phi) is 1.26. The summed E-state index contributed by atoms with van der Waals surface area (Å²) in [5.41, 5.74) is 5.36. The van der Waals surface area contributed by atoms with E-state index >= 15 is 0 Å². The lowest BCUT2D eigenvalue weighted by atomic mass is 10.4. The Hall–Kier alpha value is -0.900. The molecule has 0 amide bonds. The molecule has 0 fully saturated rings. The van der Waals surface area contributed by atoms with Crippen LogP contribution in [0.1, 0.15) is 18.9 Å². The molecule has 0 aromatic carbocycles. The van der Waals surface area contributed by atoms with Gasteiger partial charge in [0.15, 0.2) is 0 Å². The summed E-state index contributed by atoms with van der Waals surface area (Å²) in [6.45, 7) is 1.79. The molecule has 1 rings (SSSR count). The lowest BCUT2D eigenvalue weighted by Crippen LogP contribution is -2.04. The van der Waals surface area contributed by atoms with Crippen molar-refractivity contribution in [3.63, 3.8) is 0 Å². The normalized spacial score (nSPS) is 13.8. The molecule has 0 spiro atoms. The Morgan fingerprint density at radius 1 is 1.88 bits per heavy atom. The van der Waals surface area contributed by atoms with E-state index in [1.165, 1.54) is 6.39 Å². The van der Waals surface area contributed by atoms with Gasteiger partial charge in [-0.2, -0.15) is 0 Å². The Bertz CT molecular complexity index is 146. The highest BCUT2D eigenvalue weighted by Gasteiger charge is 2.01. The van der Waals surface area contributed by atoms with Gasteiger partial charge in [-0.15, -0.1) is 10.2 Å². The second kappa shape index (κ2) is 1.92. The second-order valence-corrected chi connectivity index (χ2v) is 1.57. The van der Waals surface area contributed by atoms with E-state index < -0.39 is 0 Å². The van der Waals surface area contributed by atoms with E-state index in [0.29, 0.717) is 5.89 Å². The van der Waals surface area contributed by atoms with Gasteiger partial charge < -0.3 is 10.2 Å². The predicted molar refractivity (Wildman–Crippen MR) is 26.9 cm³/mol. The van der Waals surface area contributed by atoms with Gasteiger partial charge in [-0.1, -0.05) is 0 Å².